The van der Waals surface area contributed by atoms with Crippen LogP contribution < -0.4 is 5.32 Å². The van der Waals surface area contributed by atoms with E-state index in [0.717, 1.165) is 17.7 Å². The van der Waals surface area contributed by atoms with Crippen LogP contribution in [0.3, 0.4) is 0 Å². The van der Waals surface area contributed by atoms with Gasteiger partial charge in [0.05, 0.1) is 18.1 Å². The Labute approximate surface area is 124 Å². The zero-order chi connectivity index (χ0) is 14.9. The van der Waals surface area contributed by atoms with E-state index in [4.69, 9.17) is 4.74 Å². The van der Waals surface area contributed by atoms with Crippen LogP contribution in [0.25, 0.3) is 0 Å². The fourth-order valence-corrected chi connectivity index (χ4v) is 4.11. The maximum Gasteiger partial charge on any atom is 0.243 e. The maximum absolute atomic E-state index is 12.6. The number of amides is 1. The predicted molar refractivity (Wildman–Crippen MR) is 77.6 cm³/mol. The van der Waals surface area contributed by atoms with Gasteiger partial charge >= 0.3 is 0 Å². The fourth-order valence-electron chi connectivity index (χ4n) is 2.65. The normalized spacial score (nSPS) is 20.5. The van der Waals surface area contributed by atoms with Gasteiger partial charge < -0.3 is 10.1 Å². The van der Waals surface area contributed by atoms with Gasteiger partial charge in [0.25, 0.3) is 0 Å². The summed E-state index contributed by atoms with van der Waals surface area (Å²) < 4.78 is 31.9. The van der Waals surface area contributed by atoms with Gasteiger partial charge in [-0.25, -0.2) is 8.42 Å². The lowest BCUT2D eigenvalue weighted by Gasteiger charge is -2.26. The SMILES string of the molecule is O=C1CCCc2cc(S(=O)(=O)N3CCOCC3)ccc2N1. The molecule has 1 aromatic rings. The number of fused-ring (bicyclic) bond motifs is 1. The van der Waals surface area contributed by atoms with Crippen LogP contribution in [0.1, 0.15) is 18.4 Å². The number of hydrogen-bond acceptors (Lipinski definition) is 4. The van der Waals surface area contributed by atoms with Gasteiger partial charge in [0.2, 0.25) is 15.9 Å². The second kappa shape index (κ2) is 5.75. The Morgan fingerprint density at radius 1 is 1.14 bits per heavy atom. The van der Waals surface area contributed by atoms with E-state index in [1.165, 1.54) is 4.31 Å². The molecule has 1 saturated heterocycles. The molecule has 2 heterocycles. The monoisotopic (exact) mass is 310 g/mol. The number of carbonyl (C=O) groups excluding carboxylic acids is 1. The number of carbonyl (C=O) groups is 1. The summed E-state index contributed by atoms with van der Waals surface area (Å²) in [5.74, 6) is -0.0162. The molecular formula is C14H18N2O4S. The first kappa shape index (κ1) is 14.5. The van der Waals surface area contributed by atoms with Crippen molar-refractivity contribution in [3.63, 3.8) is 0 Å². The molecule has 1 fully saturated rings. The van der Waals surface area contributed by atoms with Crippen molar-refractivity contribution >= 4 is 21.6 Å². The summed E-state index contributed by atoms with van der Waals surface area (Å²) in [6.07, 6.45) is 1.92. The molecule has 0 spiro atoms. The number of rotatable bonds is 2. The minimum atomic E-state index is -3.48. The predicted octanol–water partition coefficient (Wildman–Crippen LogP) is 0.982. The Balaban J connectivity index is 1.92. The number of ether oxygens (including phenoxy) is 1. The smallest absolute Gasteiger partial charge is 0.243 e. The molecule has 3 rings (SSSR count). The molecule has 114 valence electrons. The summed E-state index contributed by atoms with van der Waals surface area (Å²) in [6, 6.07) is 4.94. The molecule has 0 radical (unpaired) electrons. The largest absolute Gasteiger partial charge is 0.379 e. The first-order chi connectivity index (χ1) is 10.1. The van der Waals surface area contributed by atoms with Crippen molar-refractivity contribution in [1.29, 1.82) is 0 Å². The molecule has 0 bridgehead atoms. The van der Waals surface area contributed by atoms with Crippen LogP contribution in [0.2, 0.25) is 0 Å². The minimum absolute atomic E-state index is 0.0162. The standard InChI is InChI=1S/C14H18N2O4S/c17-14-3-1-2-11-10-12(4-5-13(11)15-14)21(18,19)16-6-8-20-9-7-16/h4-5,10H,1-3,6-9H2,(H,15,17). The molecule has 0 saturated carbocycles. The summed E-state index contributed by atoms with van der Waals surface area (Å²) >= 11 is 0. The van der Waals surface area contributed by atoms with Gasteiger partial charge in [-0.2, -0.15) is 4.31 Å². The average Bonchev–Trinajstić information content (AvgIpc) is 2.68. The molecule has 6 nitrogen and oxygen atoms in total. The highest BCUT2D eigenvalue weighted by molar-refractivity contribution is 7.89. The van der Waals surface area contributed by atoms with Crippen molar-refractivity contribution in [2.24, 2.45) is 0 Å². The van der Waals surface area contributed by atoms with Gasteiger partial charge in [-0.05, 0) is 36.6 Å². The van der Waals surface area contributed by atoms with E-state index in [0.29, 0.717) is 44.0 Å². The number of nitrogens with one attached hydrogen (secondary N) is 1. The van der Waals surface area contributed by atoms with Crippen LogP contribution in [-0.2, 0) is 26.0 Å². The molecule has 0 atom stereocenters. The molecule has 0 unspecified atom stereocenters. The molecule has 0 aliphatic carbocycles. The van der Waals surface area contributed by atoms with E-state index in [1.807, 2.05) is 0 Å². The van der Waals surface area contributed by atoms with Crippen LogP contribution in [0.5, 0.6) is 0 Å². The number of aryl methyl sites for hydroxylation is 1. The molecule has 21 heavy (non-hydrogen) atoms. The number of hydrogen-bond donors (Lipinski definition) is 1. The van der Waals surface area contributed by atoms with Crippen LogP contribution in [0, 0.1) is 0 Å². The first-order valence-corrected chi connectivity index (χ1v) is 8.52. The molecule has 1 amide bonds. The molecule has 2 aliphatic rings. The van der Waals surface area contributed by atoms with Crippen LogP contribution in [-0.4, -0.2) is 44.9 Å². The van der Waals surface area contributed by atoms with Crippen molar-refractivity contribution in [1.82, 2.24) is 4.31 Å². The molecule has 1 N–H and O–H groups in total. The lowest BCUT2D eigenvalue weighted by molar-refractivity contribution is -0.116. The molecular weight excluding hydrogens is 292 g/mol. The van der Waals surface area contributed by atoms with E-state index < -0.39 is 10.0 Å². The Hall–Kier alpha value is -1.44. The van der Waals surface area contributed by atoms with Crippen LogP contribution in [0.15, 0.2) is 23.1 Å². The van der Waals surface area contributed by atoms with Gasteiger partial charge in [-0.1, -0.05) is 0 Å². The van der Waals surface area contributed by atoms with Gasteiger partial charge in [-0.15, -0.1) is 0 Å². The Kier molecular flexibility index (Phi) is 3.97. The summed E-state index contributed by atoms with van der Waals surface area (Å²) in [4.78, 5) is 11.8. The van der Waals surface area contributed by atoms with Crippen molar-refractivity contribution < 1.29 is 17.9 Å². The average molecular weight is 310 g/mol. The third-order valence-corrected chi connectivity index (χ3v) is 5.70. The highest BCUT2D eigenvalue weighted by Crippen LogP contribution is 2.26. The highest BCUT2D eigenvalue weighted by Gasteiger charge is 2.27. The zero-order valence-electron chi connectivity index (χ0n) is 11.7. The van der Waals surface area contributed by atoms with E-state index in [-0.39, 0.29) is 5.91 Å². The van der Waals surface area contributed by atoms with Gasteiger partial charge in [0, 0.05) is 25.2 Å². The second-order valence-electron chi connectivity index (χ2n) is 5.24. The maximum atomic E-state index is 12.6. The molecule has 0 aromatic heterocycles. The first-order valence-electron chi connectivity index (χ1n) is 7.08. The van der Waals surface area contributed by atoms with E-state index in [9.17, 15) is 13.2 Å². The molecule has 7 heteroatoms. The quantitative estimate of drug-likeness (QED) is 0.883. The summed E-state index contributed by atoms with van der Waals surface area (Å²) in [5.41, 5.74) is 1.61. The van der Waals surface area contributed by atoms with Crippen molar-refractivity contribution in [3.8, 4) is 0 Å². The van der Waals surface area contributed by atoms with Gasteiger partial charge in [-0.3, -0.25) is 4.79 Å². The van der Waals surface area contributed by atoms with Crippen molar-refractivity contribution in [2.45, 2.75) is 24.2 Å². The van der Waals surface area contributed by atoms with Gasteiger partial charge in [0.15, 0.2) is 0 Å². The van der Waals surface area contributed by atoms with E-state index in [2.05, 4.69) is 5.32 Å². The van der Waals surface area contributed by atoms with E-state index in [1.54, 1.807) is 18.2 Å². The van der Waals surface area contributed by atoms with Crippen LogP contribution in [0.4, 0.5) is 5.69 Å². The summed E-state index contributed by atoms with van der Waals surface area (Å²) in [5, 5.41) is 2.81. The van der Waals surface area contributed by atoms with Crippen molar-refractivity contribution in [3.05, 3.63) is 23.8 Å². The third-order valence-electron chi connectivity index (χ3n) is 3.81. The van der Waals surface area contributed by atoms with E-state index >= 15 is 0 Å². The number of nitrogens with zero attached hydrogens (tertiary/aromatic N) is 1. The lowest BCUT2D eigenvalue weighted by atomic mass is 10.1. The fraction of sp³-hybridized carbons (Fsp3) is 0.500. The highest BCUT2D eigenvalue weighted by atomic mass is 32.2. The minimum Gasteiger partial charge on any atom is -0.379 e. The second-order valence-corrected chi connectivity index (χ2v) is 7.18. The Morgan fingerprint density at radius 2 is 1.90 bits per heavy atom. The Bertz CT molecular complexity index is 651. The van der Waals surface area contributed by atoms with Crippen LogP contribution >= 0.6 is 0 Å². The topological polar surface area (TPSA) is 75.7 Å². The number of morpholine rings is 1. The summed E-state index contributed by atoms with van der Waals surface area (Å²) in [7, 11) is -3.48. The third kappa shape index (κ3) is 2.95. The zero-order valence-corrected chi connectivity index (χ0v) is 12.5. The van der Waals surface area contributed by atoms with Crippen molar-refractivity contribution in [2.75, 3.05) is 31.6 Å². The molecule has 2 aliphatic heterocycles. The number of sulfonamides is 1. The molecule has 1 aromatic carbocycles. The summed E-state index contributed by atoms with van der Waals surface area (Å²) in [6.45, 7) is 1.63. The number of benzene rings is 1. The number of anilines is 1. The van der Waals surface area contributed by atoms with Gasteiger partial charge in [0.1, 0.15) is 0 Å². The Morgan fingerprint density at radius 3 is 2.67 bits per heavy atom. The lowest BCUT2D eigenvalue weighted by Crippen LogP contribution is -2.40.